The molecule has 4 saturated carbocycles. The van der Waals surface area contributed by atoms with Crippen LogP contribution in [0.5, 0.6) is 0 Å². The van der Waals surface area contributed by atoms with Crippen LogP contribution in [0, 0.1) is 40.4 Å². The van der Waals surface area contributed by atoms with Gasteiger partial charge in [-0.05, 0) is 91.9 Å². The highest BCUT2D eigenvalue weighted by Gasteiger charge is 2.63. The summed E-state index contributed by atoms with van der Waals surface area (Å²) in [5.41, 5.74) is 1.07. The number of hydrogen-bond acceptors (Lipinski definition) is 5. The molecule has 8 atom stereocenters. The molecule has 4 rings (SSSR count). The molecule has 0 amide bonds. The number of carbonyl (C=O) groups excluding carboxylic acids is 3. The van der Waals surface area contributed by atoms with Crippen LogP contribution in [-0.4, -0.2) is 23.8 Å². The second-order valence-electron chi connectivity index (χ2n) is 11.3. The fourth-order valence-electron chi connectivity index (χ4n) is 8.38. The van der Waals surface area contributed by atoms with Crippen LogP contribution < -0.4 is 0 Å². The van der Waals surface area contributed by atoms with Gasteiger partial charge < -0.3 is 9.47 Å². The number of carbonyl (C=O) groups is 3. The molecule has 0 heterocycles. The Kier molecular flexibility index (Phi) is 5.85. The first-order valence-corrected chi connectivity index (χ1v) is 12.1. The fraction of sp³-hybridized carbons (Fsp3) is 0.808. The first-order valence-electron chi connectivity index (χ1n) is 12.1. The van der Waals surface area contributed by atoms with Crippen molar-refractivity contribution in [2.45, 2.75) is 92.1 Å². The number of hydrogen-bond donors (Lipinski definition) is 0. The molecule has 172 valence electrons. The summed E-state index contributed by atoms with van der Waals surface area (Å²) in [6.45, 7) is 9.61. The van der Waals surface area contributed by atoms with Gasteiger partial charge in [0.1, 0.15) is 11.9 Å². The van der Waals surface area contributed by atoms with Crippen molar-refractivity contribution in [1.82, 2.24) is 0 Å². The SMILES string of the molecule is CC(=O)OC=C(C)C1CCC2C3CCC4CC(OC(C)=O)CCC4(C)C3C(=O)CC12C. The summed E-state index contributed by atoms with van der Waals surface area (Å²) >= 11 is 0. The quantitative estimate of drug-likeness (QED) is 0.453. The maximum Gasteiger partial charge on any atom is 0.307 e. The van der Waals surface area contributed by atoms with Gasteiger partial charge in [-0.2, -0.15) is 0 Å². The molecule has 5 heteroatoms. The Balaban J connectivity index is 1.56. The first kappa shape index (κ1) is 22.5. The van der Waals surface area contributed by atoms with Crippen LogP contribution in [0.15, 0.2) is 11.8 Å². The van der Waals surface area contributed by atoms with E-state index in [4.69, 9.17) is 9.47 Å². The van der Waals surface area contributed by atoms with E-state index in [-0.39, 0.29) is 34.8 Å². The third-order valence-electron chi connectivity index (χ3n) is 9.59. The zero-order valence-electron chi connectivity index (χ0n) is 19.7. The highest BCUT2D eigenvalue weighted by atomic mass is 16.5. The normalized spacial score (nSPS) is 44.7. The van der Waals surface area contributed by atoms with Crippen LogP contribution in [-0.2, 0) is 23.9 Å². The minimum atomic E-state index is -0.297. The number of ketones is 1. The Morgan fingerprint density at radius 3 is 2.39 bits per heavy atom. The van der Waals surface area contributed by atoms with E-state index in [1.807, 2.05) is 6.92 Å². The van der Waals surface area contributed by atoms with Gasteiger partial charge in [-0.25, -0.2) is 0 Å². The Morgan fingerprint density at radius 2 is 1.71 bits per heavy atom. The van der Waals surface area contributed by atoms with Crippen LogP contribution in [0.2, 0.25) is 0 Å². The molecule has 0 saturated heterocycles. The first-order chi connectivity index (χ1) is 14.6. The predicted molar refractivity (Wildman–Crippen MR) is 117 cm³/mol. The molecule has 0 N–H and O–H groups in total. The summed E-state index contributed by atoms with van der Waals surface area (Å²) in [6.07, 6.45) is 9.45. The van der Waals surface area contributed by atoms with Gasteiger partial charge in [0, 0.05) is 26.2 Å². The summed E-state index contributed by atoms with van der Waals surface area (Å²) in [5, 5.41) is 0. The minimum absolute atomic E-state index is 0.0148. The molecule has 0 aromatic rings. The smallest absolute Gasteiger partial charge is 0.307 e. The largest absolute Gasteiger partial charge is 0.463 e. The average Bonchev–Trinajstić information content (AvgIpc) is 3.02. The van der Waals surface area contributed by atoms with Crippen molar-refractivity contribution in [3.8, 4) is 0 Å². The predicted octanol–water partition coefficient (Wildman–Crippen LogP) is 5.22. The second-order valence-corrected chi connectivity index (χ2v) is 11.3. The highest BCUT2D eigenvalue weighted by molar-refractivity contribution is 5.84. The summed E-state index contributed by atoms with van der Waals surface area (Å²) in [7, 11) is 0. The molecular weight excluding hydrogens is 392 g/mol. The lowest BCUT2D eigenvalue weighted by atomic mass is 9.44. The number of fused-ring (bicyclic) bond motifs is 5. The van der Waals surface area contributed by atoms with Gasteiger partial charge in [0.15, 0.2) is 0 Å². The van der Waals surface area contributed by atoms with E-state index in [0.717, 1.165) is 50.5 Å². The molecule has 0 aromatic carbocycles. The number of esters is 2. The van der Waals surface area contributed by atoms with Crippen molar-refractivity contribution in [3.05, 3.63) is 11.8 Å². The molecule has 4 aliphatic carbocycles. The molecule has 0 bridgehead atoms. The van der Waals surface area contributed by atoms with Crippen LogP contribution in [0.4, 0.5) is 0 Å². The fourth-order valence-corrected chi connectivity index (χ4v) is 8.38. The van der Waals surface area contributed by atoms with Crippen molar-refractivity contribution in [1.29, 1.82) is 0 Å². The van der Waals surface area contributed by atoms with Gasteiger partial charge >= 0.3 is 11.9 Å². The molecule has 4 aliphatic rings. The van der Waals surface area contributed by atoms with Gasteiger partial charge in [-0.1, -0.05) is 13.8 Å². The molecule has 0 aliphatic heterocycles. The lowest BCUT2D eigenvalue weighted by Crippen LogP contribution is -2.57. The third kappa shape index (κ3) is 3.76. The molecule has 0 aromatic heterocycles. The monoisotopic (exact) mass is 430 g/mol. The van der Waals surface area contributed by atoms with Gasteiger partial charge in [-0.15, -0.1) is 0 Å². The highest BCUT2D eigenvalue weighted by Crippen LogP contribution is 2.67. The maximum atomic E-state index is 13.7. The van der Waals surface area contributed by atoms with Crippen molar-refractivity contribution in [2.75, 3.05) is 0 Å². The van der Waals surface area contributed by atoms with E-state index in [1.165, 1.54) is 13.8 Å². The van der Waals surface area contributed by atoms with Crippen LogP contribution in [0.1, 0.15) is 86.0 Å². The molecule has 0 radical (unpaired) electrons. The number of Topliss-reactive ketones (excluding diaryl/α,β-unsaturated/α-hetero) is 1. The maximum absolute atomic E-state index is 13.7. The summed E-state index contributed by atoms with van der Waals surface area (Å²) in [6, 6.07) is 0. The third-order valence-corrected chi connectivity index (χ3v) is 9.59. The molecule has 4 fully saturated rings. The van der Waals surface area contributed by atoms with Crippen LogP contribution in [0.25, 0.3) is 0 Å². The van der Waals surface area contributed by atoms with Gasteiger partial charge in [0.25, 0.3) is 0 Å². The lowest BCUT2D eigenvalue weighted by Gasteiger charge is -2.60. The summed E-state index contributed by atoms with van der Waals surface area (Å²) in [5.74, 6) is 1.84. The van der Waals surface area contributed by atoms with Crippen molar-refractivity contribution >= 4 is 17.7 Å². The van der Waals surface area contributed by atoms with Crippen molar-refractivity contribution in [2.24, 2.45) is 40.4 Å². The zero-order valence-corrected chi connectivity index (χ0v) is 19.7. The summed E-state index contributed by atoms with van der Waals surface area (Å²) in [4.78, 5) is 36.5. The molecular formula is C26H38O5. The minimum Gasteiger partial charge on any atom is -0.463 e. The van der Waals surface area contributed by atoms with E-state index >= 15 is 0 Å². The standard InChI is InChI=1S/C26H38O5/c1-15(14-30-16(2)27)21-8-9-22-20-7-6-18-12-19(31-17(3)28)10-11-25(18,4)24(20)23(29)13-26(21,22)5/h14,18-22,24H,6-13H2,1-5H3. The molecule has 8 unspecified atom stereocenters. The van der Waals surface area contributed by atoms with E-state index < -0.39 is 0 Å². The number of allylic oxidation sites excluding steroid dienone is 1. The Morgan fingerprint density at radius 1 is 0.968 bits per heavy atom. The lowest BCUT2D eigenvalue weighted by molar-refractivity contribution is -0.168. The second kappa shape index (κ2) is 8.04. The topological polar surface area (TPSA) is 69.7 Å². The molecule has 31 heavy (non-hydrogen) atoms. The Hall–Kier alpha value is -1.65. The Labute approximate surface area is 186 Å². The van der Waals surface area contributed by atoms with E-state index in [1.54, 1.807) is 6.26 Å². The van der Waals surface area contributed by atoms with Gasteiger partial charge in [-0.3, -0.25) is 14.4 Å². The van der Waals surface area contributed by atoms with Gasteiger partial charge in [0.2, 0.25) is 0 Å². The summed E-state index contributed by atoms with van der Waals surface area (Å²) < 4.78 is 10.7. The molecule has 0 spiro atoms. The van der Waals surface area contributed by atoms with Crippen LogP contribution >= 0.6 is 0 Å². The zero-order chi connectivity index (χ0) is 22.6. The van der Waals surface area contributed by atoms with Gasteiger partial charge in [0.05, 0.1) is 6.26 Å². The van der Waals surface area contributed by atoms with E-state index in [9.17, 15) is 14.4 Å². The van der Waals surface area contributed by atoms with E-state index in [0.29, 0.717) is 35.9 Å². The van der Waals surface area contributed by atoms with Crippen molar-refractivity contribution in [3.63, 3.8) is 0 Å². The average molecular weight is 431 g/mol. The molecule has 5 nitrogen and oxygen atoms in total. The van der Waals surface area contributed by atoms with Crippen LogP contribution in [0.3, 0.4) is 0 Å². The van der Waals surface area contributed by atoms with E-state index in [2.05, 4.69) is 13.8 Å². The number of rotatable bonds is 3. The Bertz CT molecular complexity index is 800. The van der Waals surface area contributed by atoms with Crippen molar-refractivity contribution < 1.29 is 23.9 Å². The number of ether oxygens (including phenoxy) is 2.